The van der Waals surface area contributed by atoms with Gasteiger partial charge in [0.05, 0.1) is 19.2 Å². The monoisotopic (exact) mass is 363 g/mol. The summed E-state index contributed by atoms with van der Waals surface area (Å²) >= 11 is 6.30. The first-order valence-electron chi connectivity index (χ1n) is 8.15. The molecule has 0 aromatic heterocycles. The Morgan fingerprint density at radius 3 is 2.68 bits per heavy atom. The van der Waals surface area contributed by atoms with Crippen LogP contribution in [0.3, 0.4) is 0 Å². The summed E-state index contributed by atoms with van der Waals surface area (Å²) in [5, 5.41) is 4.05. The Kier molecular flexibility index (Phi) is 5.56. The summed E-state index contributed by atoms with van der Waals surface area (Å²) in [7, 11) is 3.32. The number of fused-ring (bicyclic) bond motifs is 1. The van der Waals surface area contributed by atoms with E-state index < -0.39 is 0 Å². The molecule has 0 saturated heterocycles. The third-order valence-electron chi connectivity index (χ3n) is 4.17. The number of hydrogen-bond donors (Lipinski definition) is 1. The molecule has 25 heavy (non-hydrogen) atoms. The summed E-state index contributed by atoms with van der Waals surface area (Å²) < 4.78 is 22.0. The minimum atomic E-state index is 0.0667. The van der Waals surface area contributed by atoms with Crippen LogP contribution in [0.15, 0.2) is 30.3 Å². The van der Waals surface area contributed by atoms with E-state index in [-0.39, 0.29) is 6.04 Å². The molecule has 1 heterocycles. The van der Waals surface area contributed by atoms with Gasteiger partial charge in [-0.2, -0.15) is 0 Å². The van der Waals surface area contributed by atoms with E-state index in [0.29, 0.717) is 36.3 Å². The molecule has 0 saturated carbocycles. The van der Waals surface area contributed by atoms with Gasteiger partial charge in [0.1, 0.15) is 24.7 Å². The lowest BCUT2D eigenvalue weighted by Gasteiger charge is -2.21. The summed E-state index contributed by atoms with van der Waals surface area (Å²) in [6.07, 6.45) is 0. The highest BCUT2D eigenvalue weighted by atomic mass is 35.5. The fourth-order valence-electron chi connectivity index (χ4n) is 2.83. The second kappa shape index (κ2) is 7.85. The van der Waals surface area contributed by atoms with Crippen LogP contribution in [0.1, 0.15) is 24.1 Å². The van der Waals surface area contributed by atoms with Gasteiger partial charge in [0, 0.05) is 18.2 Å². The number of ether oxygens (including phenoxy) is 4. The fourth-order valence-corrected chi connectivity index (χ4v) is 3.11. The third kappa shape index (κ3) is 3.94. The zero-order valence-electron chi connectivity index (χ0n) is 14.6. The van der Waals surface area contributed by atoms with Crippen LogP contribution in [0.25, 0.3) is 0 Å². The van der Waals surface area contributed by atoms with Gasteiger partial charge in [-0.05, 0) is 42.8 Å². The minimum absolute atomic E-state index is 0.0667. The van der Waals surface area contributed by atoms with Gasteiger partial charge in [-0.1, -0.05) is 11.6 Å². The van der Waals surface area contributed by atoms with E-state index in [1.54, 1.807) is 14.2 Å². The SMILES string of the molecule is COc1ccc(OC)c(C(C)NCc2cc(Cl)c3c(c2)OCCO3)c1. The Morgan fingerprint density at radius 2 is 1.92 bits per heavy atom. The van der Waals surface area contributed by atoms with E-state index in [4.69, 9.17) is 30.5 Å². The molecule has 1 aliphatic heterocycles. The molecule has 1 unspecified atom stereocenters. The molecule has 1 aliphatic rings. The van der Waals surface area contributed by atoms with Crippen LogP contribution in [-0.2, 0) is 6.54 Å². The molecule has 1 N–H and O–H groups in total. The first-order valence-corrected chi connectivity index (χ1v) is 8.53. The van der Waals surface area contributed by atoms with Gasteiger partial charge >= 0.3 is 0 Å². The number of hydrogen-bond acceptors (Lipinski definition) is 5. The average Bonchev–Trinajstić information content (AvgIpc) is 2.65. The first-order chi connectivity index (χ1) is 12.1. The number of rotatable bonds is 6. The van der Waals surface area contributed by atoms with E-state index in [9.17, 15) is 0 Å². The normalized spacial score (nSPS) is 14.1. The van der Waals surface area contributed by atoms with Crippen LogP contribution in [0.4, 0.5) is 0 Å². The van der Waals surface area contributed by atoms with E-state index in [1.165, 1.54) is 0 Å². The van der Waals surface area contributed by atoms with Crippen molar-refractivity contribution >= 4 is 11.6 Å². The zero-order chi connectivity index (χ0) is 17.8. The highest BCUT2D eigenvalue weighted by molar-refractivity contribution is 6.32. The summed E-state index contributed by atoms with van der Waals surface area (Å²) in [6.45, 7) is 3.78. The van der Waals surface area contributed by atoms with Crippen molar-refractivity contribution in [2.75, 3.05) is 27.4 Å². The second-order valence-electron chi connectivity index (χ2n) is 5.81. The lowest BCUT2D eigenvalue weighted by molar-refractivity contribution is 0.171. The highest BCUT2D eigenvalue weighted by Gasteiger charge is 2.17. The van der Waals surface area contributed by atoms with Crippen molar-refractivity contribution in [3.05, 3.63) is 46.5 Å². The molecule has 2 aromatic carbocycles. The summed E-state index contributed by atoms with van der Waals surface area (Å²) in [5.74, 6) is 2.94. The Hall–Kier alpha value is -2.11. The number of benzene rings is 2. The van der Waals surface area contributed by atoms with Crippen molar-refractivity contribution in [2.45, 2.75) is 19.5 Å². The fraction of sp³-hybridized carbons (Fsp3) is 0.368. The quantitative estimate of drug-likeness (QED) is 0.841. The maximum atomic E-state index is 6.30. The summed E-state index contributed by atoms with van der Waals surface area (Å²) in [4.78, 5) is 0. The maximum Gasteiger partial charge on any atom is 0.179 e. The van der Waals surface area contributed by atoms with Crippen LogP contribution in [0, 0.1) is 0 Å². The molecule has 0 spiro atoms. The van der Waals surface area contributed by atoms with Crippen LogP contribution in [0.5, 0.6) is 23.0 Å². The van der Waals surface area contributed by atoms with Crippen molar-refractivity contribution < 1.29 is 18.9 Å². The minimum Gasteiger partial charge on any atom is -0.497 e. The van der Waals surface area contributed by atoms with Gasteiger partial charge in [0.25, 0.3) is 0 Å². The molecule has 0 aliphatic carbocycles. The molecule has 6 heteroatoms. The van der Waals surface area contributed by atoms with E-state index >= 15 is 0 Å². The van der Waals surface area contributed by atoms with Crippen LogP contribution >= 0.6 is 11.6 Å². The van der Waals surface area contributed by atoms with Crippen molar-refractivity contribution in [2.24, 2.45) is 0 Å². The van der Waals surface area contributed by atoms with E-state index in [0.717, 1.165) is 22.6 Å². The number of nitrogens with one attached hydrogen (secondary N) is 1. The molecule has 5 nitrogen and oxygen atoms in total. The molecule has 2 aromatic rings. The highest BCUT2D eigenvalue weighted by Crippen LogP contribution is 2.38. The third-order valence-corrected chi connectivity index (χ3v) is 4.45. The van der Waals surface area contributed by atoms with Crippen molar-refractivity contribution in [3.63, 3.8) is 0 Å². The topological polar surface area (TPSA) is 49.0 Å². The number of methoxy groups -OCH3 is 2. The Labute approximate surface area is 152 Å². The molecule has 0 amide bonds. The molecule has 1 atom stereocenters. The van der Waals surface area contributed by atoms with Crippen molar-refractivity contribution in [1.29, 1.82) is 0 Å². The Bertz CT molecular complexity index is 750. The molecule has 0 fully saturated rings. The van der Waals surface area contributed by atoms with Gasteiger partial charge in [0.15, 0.2) is 11.5 Å². The van der Waals surface area contributed by atoms with Crippen molar-refractivity contribution in [3.8, 4) is 23.0 Å². The average molecular weight is 364 g/mol. The van der Waals surface area contributed by atoms with E-state index in [2.05, 4.69) is 12.2 Å². The van der Waals surface area contributed by atoms with Crippen LogP contribution < -0.4 is 24.3 Å². The predicted molar refractivity (Wildman–Crippen MR) is 97.2 cm³/mol. The molecule has 0 bridgehead atoms. The molecule has 0 radical (unpaired) electrons. The molecular weight excluding hydrogens is 342 g/mol. The first kappa shape index (κ1) is 17.7. The largest absolute Gasteiger partial charge is 0.497 e. The molecule has 134 valence electrons. The predicted octanol–water partition coefficient (Wildman–Crippen LogP) is 3.98. The van der Waals surface area contributed by atoms with Gasteiger partial charge in [-0.25, -0.2) is 0 Å². The van der Waals surface area contributed by atoms with Gasteiger partial charge < -0.3 is 24.3 Å². The Morgan fingerprint density at radius 1 is 1.12 bits per heavy atom. The summed E-state index contributed by atoms with van der Waals surface area (Å²) in [6, 6.07) is 9.70. The number of halogens is 1. The zero-order valence-corrected chi connectivity index (χ0v) is 15.4. The van der Waals surface area contributed by atoms with E-state index in [1.807, 2.05) is 30.3 Å². The van der Waals surface area contributed by atoms with Crippen molar-refractivity contribution in [1.82, 2.24) is 5.32 Å². The smallest absolute Gasteiger partial charge is 0.179 e. The van der Waals surface area contributed by atoms with Crippen LogP contribution in [-0.4, -0.2) is 27.4 Å². The summed E-state index contributed by atoms with van der Waals surface area (Å²) in [5.41, 5.74) is 2.06. The lowest BCUT2D eigenvalue weighted by Crippen LogP contribution is -2.20. The molecule has 3 rings (SSSR count). The van der Waals surface area contributed by atoms with Gasteiger partial charge in [-0.15, -0.1) is 0 Å². The second-order valence-corrected chi connectivity index (χ2v) is 6.22. The lowest BCUT2D eigenvalue weighted by atomic mass is 10.1. The van der Waals surface area contributed by atoms with Gasteiger partial charge in [0.2, 0.25) is 0 Å². The molecular formula is C19H22ClNO4. The van der Waals surface area contributed by atoms with Gasteiger partial charge in [-0.3, -0.25) is 0 Å². The Balaban J connectivity index is 1.74. The standard InChI is InChI=1S/C19H22ClNO4/c1-12(15-10-14(22-2)4-5-17(15)23-3)21-11-13-8-16(20)19-18(9-13)24-6-7-25-19/h4-5,8-10,12,21H,6-7,11H2,1-3H3. The maximum absolute atomic E-state index is 6.30. The van der Waals surface area contributed by atoms with Crippen LogP contribution in [0.2, 0.25) is 5.02 Å².